The number of aromatic nitrogens is 1. The molecule has 6 nitrogen and oxygen atoms in total. The van der Waals surface area contributed by atoms with E-state index in [4.69, 9.17) is 5.11 Å². The van der Waals surface area contributed by atoms with E-state index in [0.29, 0.717) is 6.42 Å². The number of amides is 1. The van der Waals surface area contributed by atoms with Gasteiger partial charge >= 0.3 is 5.97 Å². The Hall–Kier alpha value is -2.11. The summed E-state index contributed by atoms with van der Waals surface area (Å²) in [4.78, 5) is 34.6. The van der Waals surface area contributed by atoms with Crippen molar-refractivity contribution < 1.29 is 14.7 Å². The van der Waals surface area contributed by atoms with E-state index in [0.717, 1.165) is 12.1 Å². The van der Waals surface area contributed by atoms with Gasteiger partial charge in [-0.2, -0.15) is 0 Å². The van der Waals surface area contributed by atoms with E-state index in [9.17, 15) is 14.4 Å². The minimum Gasteiger partial charge on any atom is -0.481 e. The molecule has 0 aliphatic rings. The molecule has 0 aliphatic heterocycles. The van der Waals surface area contributed by atoms with Crippen molar-refractivity contribution in [2.24, 2.45) is 7.05 Å². The number of aliphatic carboxylic acids is 1. The summed E-state index contributed by atoms with van der Waals surface area (Å²) in [5.41, 5.74) is 0.426. The summed E-state index contributed by atoms with van der Waals surface area (Å²) < 4.78 is 1.68. The Morgan fingerprint density at radius 2 is 2.10 bits per heavy atom. The molecule has 1 aromatic rings. The lowest BCUT2D eigenvalue weighted by molar-refractivity contribution is -0.137. The number of hydrogen-bond acceptors (Lipinski definition) is 3. The maximum Gasteiger partial charge on any atom is 0.305 e. The van der Waals surface area contributed by atoms with Gasteiger partial charge < -0.3 is 15.0 Å². The topological polar surface area (TPSA) is 88.4 Å². The first-order valence-corrected chi connectivity index (χ1v) is 6.55. The van der Waals surface area contributed by atoms with Crippen LogP contribution in [0.4, 0.5) is 0 Å². The molecule has 0 bridgehead atoms. The van der Waals surface area contributed by atoms with Crippen LogP contribution in [0.5, 0.6) is 0 Å². The quantitative estimate of drug-likeness (QED) is 0.815. The molecule has 1 aromatic heterocycles. The molecule has 0 saturated carbocycles. The SMILES string of the molecule is CCC[C@@H](CC(=O)O)NC(=O)c1cn(C)c(C)cc1=O. The van der Waals surface area contributed by atoms with Crippen molar-refractivity contribution in [1.29, 1.82) is 0 Å². The fourth-order valence-electron chi connectivity index (χ4n) is 1.95. The maximum atomic E-state index is 12.1. The van der Waals surface area contributed by atoms with Crippen molar-refractivity contribution in [3.63, 3.8) is 0 Å². The lowest BCUT2D eigenvalue weighted by atomic mass is 10.1. The first-order valence-electron chi connectivity index (χ1n) is 6.55. The average molecular weight is 280 g/mol. The second-order valence-corrected chi connectivity index (χ2v) is 4.86. The van der Waals surface area contributed by atoms with Gasteiger partial charge in [-0.3, -0.25) is 14.4 Å². The minimum absolute atomic E-state index is 0.0320. The number of rotatable bonds is 6. The second-order valence-electron chi connectivity index (χ2n) is 4.86. The molecular weight excluding hydrogens is 260 g/mol. The highest BCUT2D eigenvalue weighted by molar-refractivity contribution is 5.94. The lowest BCUT2D eigenvalue weighted by Crippen LogP contribution is -2.38. The Morgan fingerprint density at radius 1 is 1.45 bits per heavy atom. The number of carboxylic acids is 1. The Balaban J connectivity index is 2.91. The van der Waals surface area contributed by atoms with Crippen molar-refractivity contribution in [1.82, 2.24) is 9.88 Å². The molecule has 0 spiro atoms. The molecule has 1 rings (SSSR count). The number of aryl methyl sites for hydroxylation is 2. The number of carbonyl (C=O) groups excluding carboxylic acids is 1. The number of nitrogens with one attached hydrogen (secondary N) is 1. The molecule has 20 heavy (non-hydrogen) atoms. The van der Waals surface area contributed by atoms with Crippen LogP contribution in [0.1, 0.15) is 42.2 Å². The summed E-state index contributed by atoms with van der Waals surface area (Å²) in [6.07, 6.45) is 2.64. The van der Waals surface area contributed by atoms with Gasteiger partial charge in [-0.05, 0) is 13.3 Å². The summed E-state index contributed by atoms with van der Waals surface area (Å²) >= 11 is 0. The Bertz CT molecular complexity index is 563. The monoisotopic (exact) mass is 280 g/mol. The predicted octanol–water partition coefficient (Wildman–Crippen LogP) is 1.07. The van der Waals surface area contributed by atoms with E-state index >= 15 is 0 Å². The summed E-state index contributed by atoms with van der Waals surface area (Å²) in [6.45, 7) is 3.68. The third-order valence-electron chi connectivity index (χ3n) is 3.12. The zero-order valence-electron chi connectivity index (χ0n) is 12.0. The van der Waals surface area contributed by atoms with Crippen LogP contribution in [-0.2, 0) is 11.8 Å². The zero-order chi connectivity index (χ0) is 15.3. The Labute approximate surface area is 117 Å². The predicted molar refractivity (Wildman–Crippen MR) is 74.8 cm³/mol. The summed E-state index contributed by atoms with van der Waals surface area (Å²) in [7, 11) is 1.74. The van der Waals surface area contributed by atoms with E-state index in [1.807, 2.05) is 6.92 Å². The number of carbonyl (C=O) groups is 2. The van der Waals surface area contributed by atoms with Crippen molar-refractivity contribution in [2.45, 2.75) is 39.2 Å². The van der Waals surface area contributed by atoms with Gasteiger partial charge in [-0.25, -0.2) is 0 Å². The molecule has 1 atom stereocenters. The number of pyridine rings is 1. The largest absolute Gasteiger partial charge is 0.481 e. The third-order valence-corrected chi connectivity index (χ3v) is 3.12. The maximum absolute atomic E-state index is 12.1. The molecule has 0 unspecified atom stereocenters. The molecule has 0 saturated heterocycles. The van der Waals surface area contributed by atoms with Crippen molar-refractivity contribution in [2.75, 3.05) is 0 Å². The molecule has 2 N–H and O–H groups in total. The number of nitrogens with zero attached hydrogens (tertiary/aromatic N) is 1. The average Bonchev–Trinajstić information content (AvgIpc) is 2.33. The van der Waals surface area contributed by atoms with Crippen molar-refractivity contribution in [3.05, 3.63) is 33.7 Å². The van der Waals surface area contributed by atoms with Gasteiger partial charge in [0.05, 0.1) is 6.42 Å². The van der Waals surface area contributed by atoms with E-state index in [1.54, 1.807) is 18.5 Å². The summed E-state index contributed by atoms with van der Waals surface area (Å²) in [5.74, 6) is -1.49. The standard InChI is InChI=1S/C14H20N2O4/c1-4-5-10(7-13(18)19)15-14(20)11-8-16(3)9(2)6-12(11)17/h6,8,10H,4-5,7H2,1-3H3,(H,15,20)(H,18,19)/t10-/m0/s1. The second kappa shape index (κ2) is 6.88. The normalized spacial score (nSPS) is 11.9. The van der Waals surface area contributed by atoms with Crippen LogP contribution in [0.2, 0.25) is 0 Å². The molecule has 0 aliphatic carbocycles. The molecular formula is C14H20N2O4. The summed E-state index contributed by atoms with van der Waals surface area (Å²) in [6, 6.07) is 0.928. The van der Waals surface area contributed by atoms with E-state index in [-0.39, 0.29) is 17.4 Å². The molecule has 0 fully saturated rings. The van der Waals surface area contributed by atoms with Gasteiger partial charge in [0.2, 0.25) is 0 Å². The van der Waals surface area contributed by atoms with E-state index < -0.39 is 17.9 Å². The van der Waals surface area contributed by atoms with Crippen LogP contribution in [0.15, 0.2) is 17.1 Å². The highest BCUT2D eigenvalue weighted by atomic mass is 16.4. The molecule has 0 radical (unpaired) electrons. The zero-order valence-corrected chi connectivity index (χ0v) is 12.0. The minimum atomic E-state index is -0.972. The lowest BCUT2D eigenvalue weighted by Gasteiger charge is -2.16. The fraction of sp³-hybridized carbons (Fsp3) is 0.500. The van der Waals surface area contributed by atoms with Gasteiger partial charge in [0.1, 0.15) is 5.56 Å². The van der Waals surface area contributed by atoms with Gasteiger partial charge in [-0.15, -0.1) is 0 Å². The van der Waals surface area contributed by atoms with Crippen molar-refractivity contribution >= 4 is 11.9 Å². The van der Waals surface area contributed by atoms with E-state index in [1.165, 1.54) is 12.3 Å². The Kier molecular flexibility index (Phi) is 5.49. The van der Waals surface area contributed by atoms with Gasteiger partial charge in [0.15, 0.2) is 5.43 Å². The molecule has 0 aromatic carbocycles. The van der Waals surface area contributed by atoms with Crippen LogP contribution >= 0.6 is 0 Å². The van der Waals surface area contributed by atoms with Crippen LogP contribution in [-0.4, -0.2) is 27.6 Å². The van der Waals surface area contributed by atoms with Gasteiger partial charge in [0.25, 0.3) is 5.91 Å². The smallest absolute Gasteiger partial charge is 0.305 e. The van der Waals surface area contributed by atoms with Crippen LogP contribution in [0.25, 0.3) is 0 Å². The fourth-order valence-corrected chi connectivity index (χ4v) is 1.95. The summed E-state index contributed by atoms with van der Waals surface area (Å²) in [5, 5.41) is 11.4. The van der Waals surface area contributed by atoms with Crippen LogP contribution in [0.3, 0.4) is 0 Å². The Morgan fingerprint density at radius 3 is 2.65 bits per heavy atom. The third kappa shape index (κ3) is 4.22. The number of carboxylic acid groups (broad SMARTS) is 1. The van der Waals surface area contributed by atoms with Gasteiger partial charge in [0, 0.05) is 31.0 Å². The molecule has 1 heterocycles. The highest BCUT2D eigenvalue weighted by Crippen LogP contribution is 2.04. The van der Waals surface area contributed by atoms with E-state index in [2.05, 4.69) is 5.32 Å². The van der Waals surface area contributed by atoms with Crippen molar-refractivity contribution in [3.8, 4) is 0 Å². The first-order chi connectivity index (χ1) is 9.35. The van der Waals surface area contributed by atoms with Gasteiger partial charge in [-0.1, -0.05) is 13.3 Å². The molecule has 1 amide bonds. The first kappa shape index (κ1) is 15.9. The number of hydrogen-bond donors (Lipinski definition) is 2. The highest BCUT2D eigenvalue weighted by Gasteiger charge is 2.18. The van der Waals surface area contributed by atoms with Crippen LogP contribution < -0.4 is 10.7 Å². The molecule has 6 heteroatoms. The molecule has 110 valence electrons. The van der Waals surface area contributed by atoms with Crippen LogP contribution in [0, 0.1) is 6.92 Å².